The van der Waals surface area contributed by atoms with E-state index in [4.69, 9.17) is 0 Å². The normalized spacial score (nSPS) is 13.0. The van der Waals surface area contributed by atoms with Gasteiger partial charge in [0.15, 0.2) is 0 Å². The number of benzene rings is 2. The van der Waals surface area contributed by atoms with Gasteiger partial charge in [-0.2, -0.15) is 0 Å². The number of urea groups is 1. The van der Waals surface area contributed by atoms with Crippen LogP contribution in [0.3, 0.4) is 0 Å². The number of phenols is 1. The number of phenolic OH excluding ortho intramolecular Hbond substituents is 1. The van der Waals surface area contributed by atoms with Crippen molar-refractivity contribution in [2.75, 3.05) is 13.1 Å². The van der Waals surface area contributed by atoms with Crippen molar-refractivity contribution in [2.24, 2.45) is 0 Å². The number of amides is 2. The molecule has 0 aliphatic heterocycles. The molecule has 5 heteroatoms. The highest BCUT2D eigenvalue weighted by molar-refractivity contribution is 5.73. The molecule has 0 bridgehead atoms. The summed E-state index contributed by atoms with van der Waals surface area (Å²) < 4.78 is 0. The summed E-state index contributed by atoms with van der Waals surface area (Å²) in [5.41, 5.74) is 1.90. The Hall–Kier alpha value is -2.53. The first-order chi connectivity index (χ1) is 12.1. The highest BCUT2D eigenvalue weighted by Crippen LogP contribution is 2.20. The van der Waals surface area contributed by atoms with Crippen molar-refractivity contribution in [1.29, 1.82) is 0 Å². The molecule has 0 radical (unpaired) electrons. The highest BCUT2D eigenvalue weighted by Gasteiger charge is 2.15. The second kappa shape index (κ2) is 9.69. The summed E-state index contributed by atoms with van der Waals surface area (Å²) in [5.74, 6) is 0.302. The van der Waals surface area contributed by atoms with Crippen molar-refractivity contribution < 1.29 is 15.0 Å². The Labute approximate surface area is 148 Å². The summed E-state index contributed by atoms with van der Waals surface area (Å²) in [6.45, 7) is 2.65. The fraction of sp³-hybridized carbons (Fsp3) is 0.350. The molecule has 0 saturated heterocycles. The lowest BCUT2D eigenvalue weighted by atomic mass is 9.93. The molecule has 4 N–H and O–H groups in total. The quantitative estimate of drug-likeness (QED) is 0.595. The summed E-state index contributed by atoms with van der Waals surface area (Å²) in [6.07, 6.45) is 0.717. The topological polar surface area (TPSA) is 81.6 Å². The molecule has 0 heterocycles. The van der Waals surface area contributed by atoms with Gasteiger partial charge >= 0.3 is 6.03 Å². The minimum absolute atomic E-state index is 0.0603. The van der Waals surface area contributed by atoms with Crippen LogP contribution >= 0.6 is 0 Å². The fourth-order valence-electron chi connectivity index (χ4n) is 2.79. The van der Waals surface area contributed by atoms with E-state index in [0.717, 1.165) is 11.1 Å². The van der Waals surface area contributed by atoms with Crippen LogP contribution in [0.5, 0.6) is 5.75 Å². The predicted molar refractivity (Wildman–Crippen MR) is 98.7 cm³/mol. The molecule has 25 heavy (non-hydrogen) atoms. The Morgan fingerprint density at radius 1 is 1.04 bits per heavy atom. The van der Waals surface area contributed by atoms with Crippen LogP contribution in [0, 0.1) is 0 Å². The predicted octanol–water partition coefficient (Wildman–Crippen LogP) is 2.79. The van der Waals surface area contributed by atoms with Crippen molar-refractivity contribution in [2.45, 2.75) is 31.8 Å². The molecule has 2 rings (SSSR count). The van der Waals surface area contributed by atoms with E-state index >= 15 is 0 Å². The van der Waals surface area contributed by atoms with Crippen molar-refractivity contribution in [1.82, 2.24) is 10.6 Å². The third kappa shape index (κ3) is 6.47. The molecule has 0 aromatic heterocycles. The zero-order chi connectivity index (χ0) is 18.1. The van der Waals surface area contributed by atoms with E-state index in [0.29, 0.717) is 25.9 Å². The maximum absolute atomic E-state index is 12.0. The van der Waals surface area contributed by atoms with Gasteiger partial charge in [0.1, 0.15) is 5.75 Å². The number of hydrogen-bond donors (Lipinski definition) is 4. The van der Waals surface area contributed by atoms with Crippen LogP contribution < -0.4 is 10.6 Å². The Morgan fingerprint density at radius 2 is 1.72 bits per heavy atom. The van der Waals surface area contributed by atoms with Crippen molar-refractivity contribution in [3.8, 4) is 5.75 Å². The number of carbonyl (C=O) groups is 1. The zero-order valence-corrected chi connectivity index (χ0v) is 14.5. The van der Waals surface area contributed by atoms with E-state index in [1.165, 1.54) is 0 Å². The first-order valence-electron chi connectivity index (χ1n) is 8.58. The lowest BCUT2D eigenvalue weighted by molar-refractivity contribution is 0.173. The Balaban J connectivity index is 1.79. The number of aliphatic hydroxyl groups excluding tert-OH is 1. The summed E-state index contributed by atoms with van der Waals surface area (Å²) in [7, 11) is 0. The lowest BCUT2D eigenvalue weighted by Crippen LogP contribution is -2.39. The van der Waals surface area contributed by atoms with Crippen molar-refractivity contribution in [3.63, 3.8) is 0 Å². The van der Waals surface area contributed by atoms with Crippen molar-refractivity contribution in [3.05, 3.63) is 65.7 Å². The Morgan fingerprint density at radius 3 is 2.40 bits per heavy atom. The second-order valence-corrected chi connectivity index (χ2v) is 6.21. The summed E-state index contributed by atoms with van der Waals surface area (Å²) in [4.78, 5) is 12.0. The molecular formula is C20H26N2O3. The van der Waals surface area contributed by atoms with Gasteiger partial charge in [-0.05, 0) is 37.0 Å². The minimum atomic E-state index is -0.434. The third-order valence-electron chi connectivity index (χ3n) is 4.08. The highest BCUT2D eigenvalue weighted by atomic mass is 16.3. The van der Waals surface area contributed by atoms with Gasteiger partial charge in [-0.15, -0.1) is 0 Å². The average molecular weight is 342 g/mol. The van der Waals surface area contributed by atoms with Crippen LogP contribution in [0.1, 0.15) is 30.4 Å². The van der Waals surface area contributed by atoms with E-state index in [2.05, 4.69) is 10.6 Å². The third-order valence-corrected chi connectivity index (χ3v) is 4.08. The molecule has 0 saturated carbocycles. The van der Waals surface area contributed by atoms with Gasteiger partial charge in [-0.1, -0.05) is 48.5 Å². The van der Waals surface area contributed by atoms with Crippen LogP contribution in [0.15, 0.2) is 54.6 Å². The SMILES string of the molecule is CC(O)CC(CNC(=O)NCCc1ccccc1O)c1ccccc1. The van der Waals surface area contributed by atoms with Crippen molar-refractivity contribution >= 4 is 6.03 Å². The monoisotopic (exact) mass is 342 g/mol. The van der Waals surface area contributed by atoms with E-state index in [9.17, 15) is 15.0 Å². The van der Waals surface area contributed by atoms with E-state index in [-0.39, 0.29) is 17.7 Å². The zero-order valence-electron chi connectivity index (χ0n) is 14.5. The van der Waals surface area contributed by atoms with Crippen LogP contribution in [0.2, 0.25) is 0 Å². The number of nitrogens with one attached hydrogen (secondary N) is 2. The summed E-state index contributed by atoms with van der Waals surface area (Å²) >= 11 is 0. The molecule has 0 fully saturated rings. The standard InChI is InChI=1S/C20H26N2O3/c1-15(23)13-18(16-7-3-2-4-8-16)14-22-20(25)21-12-11-17-9-5-6-10-19(17)24/h2-10,15,18,23-24H,11-14H2,1H3,(H2,21,22,25). The van der Waals surface area contributed by atoms with Gasteiger partial charge in [0.05, 0.1) is 6.10 Å². The molecule has 2 aromatic rings. The molecule has 0 spiro atoms. The first-order valence-corrected chi connectivity index (χ1v) is 8.58. The maximum atomic E-state index is 12.0. The molecule has 134 valence electrons. The Bertz CT molecular complexity index is 659. The first kappa shape index (κ1) is 18.8. The van der Waals surface area contributed by atoms with Crippen LogP contribution in [-0.4, -0.2) is 35.4 Å². The van der Waals surface area contributed by atoms with Gasteiger partial charge in [-0.25, -0.2) is 4.79 Å². The molecule has 2 amide bonds. The molecule has 2 unspecified atom stereocenters. The summed E-state index contributed by atoms with van der Waals surface area (Å²) in [5, 5.41) is 25.1. The number of para-hydroxylation sites is 1. The second-order valence-electron chi connectivity index (χ2n) is 6.21. The minimum Gasteiger partial charge on any atom is -0.508 e. The van der Waals surface area contributed by atoms with Gasteiger partial charge in [0, 0.05) is 19.0 Å². The van der Waals surface area contributed by atoms with Crippen LogP contribution in [-0.2, 0) is 6.42 Å². The van der Waals surface area contributed by atoms with Gasteiger partial charge in [0.2, 0.25) is 0 Å². The number of hydrogen-bond acceptors (Lipinski definition) is 3. The number of aliphatic hydroxyl groups is 1. The van der Waals surface area contributed by atoms with Crippen LogP contribution in [0.4, 0.5) is 4.79 Å². The number of aromatic hydroxyl groups is 1. The molecule has 5 nitrogen and oxygen atoms in total. The lowest BCUT2D eigenvalue weighted by Gasteiger charge is -2.20. The molecular weight excluding hydrogens is 316 g/mol. The molecule has 2 atom stereocenters. The Kier molecular flexibility index (Phi) is 7.29. The van der Waals surface area contributed by atoms with Crippen LogP contribution in [0.25, 0.3) is 0 Å². The largest absolute Gasteiger partial charge is 0.508 e. The van der Waals surface area contributed by atoms with Gasteiger partial charge in [-0.3, -0.25) is 0 Å². The van der Waals surface area contributed by atoms with Gasteiger partial charge < -0.3 is 20.8 Å². The maximum Gasteiger partial charge on any atom is 0.314 e. The average Bonchev–Trinajstić information content (AvgIpc) is 2.61. The number of carbonyl (C=O) groups excluding carboxylic acids is 1. The fourth-order valence-corrected chi connectivity index (χ4v) is 2.79. The molecule has 0 aliphatic carbocycles. The molecule has 2 aromatic carbocycles. The van der Waals surface area contributed by atoms with E-state index < -0.39 is 6.10 Å². The van der Waals surface area contributed by atoms with E-state index in [1.54, 1.807) is 19.1 Å². The van der Waals surface area contributed by atoms with E-state index in [1.807, 2.05) is 42.5 Å². The molecule has 0 aliphatic rings. The number of rotatable bonds is 8. The smallest absolute Gasteiger partial charge is 0.314 e. The van der Waals surface area contributed by atoms with Gasteiger partial charge in [0.25, 0.3) is 0 Å². The summed E-state index contributed by atoms with van der Waals surface area (Å²) in [6, 6.07) is 16.7.